The van der Waals surface area contributed by atoms with E-state index < -0.39 is 0 Å². The molecule has 0 atom stereocenters. The minimum Gasteiger partial charge on any atom is -0.450 e. The zero-order valence-electron chi connectivity index (χ0n) is 32.7. The average molecular weight is 1110 g/mol. The molecule has 2 N–H and O–H groups in total. The first-order chi connectivity index (χ1) is 28.4. The predicted molar refractivity (Wildman–Crippen MR) is 256 cm³/mol. The van der Waals surface area contributed by atoms with Crippen molar-refractivity contribution in [2.75, 3.05) is 45.1 Å². The number of hydrogen-bond donors (Lipinski definition) is 1. The molecule has 2 aliphatic heterocycles. The third-order valence-corrected chi connectivity index (χ3v) is 14.0. The van der Waals surface area contributed by atoms with E-state index in [4.69, 9.17) is 48.4 Å². The summed E-state index contributed by atoms with van der Waals surface area (Å²) in [5.74, 6) is 0. The molecule has 0 saturated carbocycles. The molecule has 2 aliphatic carbocycles. The number of anilines is 1. The number of benzene rings is 2. The van der Waals surface area contributed by atoms with Crippen molar-refractivity contribution in [2.45, 2.75) is 72.6 Å². The monoisotopic (exact) mass is 1110 g/mol. The van der Waals surface area contributed by atoms with Crippen LogP contribution in [0.3, 0.4) is 0 Å². The average Bonchev–Trinajstić information content (AvgIpc) is 3.48. The maximum atomic E-state index is 12.1. The van der Waals surface area contributed by atoms with E-state index in [9.17, 15) is 9.59 Å². The molecular weight excluding hydrogens is 1070 g/mol. The molecule has 0 bridgehead atoms. The molecule has 0 spiro atoms. The van der Waals surface area contributed by atoms with Gasteiger partial charge in [0, 0.05) is 79.3 Å². The van der Waals surface area contributed by atoms with E-state index in [0.717, 1.165) is 102 Å². The van der Waals surface area contributed by atoms with Gasteiger partial charge in [-0.1, -0.05) is 57.7 Å². The first-order valence-corrected chi connectivity index (χ1v) is 23.6. The van der Waals surface area contributed by atoms with Gasteiger partial charge in [0.05, 0.1) is 39.8 Å². The number of hydrogen-bond acceptors (Lipinski definition) is 7. The Hall–Kier alpha value is -2.94. The Labute approximate surface area is 396 Å². The molecule has 0 unspecified atom stereocenters. The number of nitrogens with two attached hydrogens (primary N) is 1. The molecule has 8 rings (SSSR count). The van der Waals surface area contributed by atoms with Crippen molar-refractivity contribution in [3.05, 3.63) is 127 Å². The summed E-state index contributed by atoms with van der Waals surface area (Å²) in [7, 11) is 0. The molecule has 2 aromatic carbocycles. The van der Waals surface area contributed by atoms with Crippen molar-refractivity contribution >= 4 is 116 Å². The Morgan fingerprint density at radius 1 is 0.650 bits per heavy atom. The zero-order chi connectivity index (χ0) is 42.0. The lowest BCUT2D eigenvalue weighted by Gasteiger charge is -2.30. The highest BCUT2D eigenvalue weighted by atomic mass is 79.9. The summed E-state index contributed by atoms with van der Waals surface area (Å²) in [5, 5.41) is 1.29. The number of pyridine rings is 2. The Bertz CT molecular complexity index is 2370. The van der Waals surface area contributed by atoms with Gasteiger partial charge in [-0.3, -0.25) is 9.97 Å². The number of aryl methyl sites for hydroxylation is 4. The number of nitrogens with zero attached hydrogens (tertiary/aromatic N) is 4. The highest BCUT2D eigenvalue weighted by Crippen LogP contribution is 2.46. The topological polar surface area (TPSA) is 111 Å². The summed E-state index contributed by atoms with van der Waals surface area (Å²) >= 11 is 27.4. The van der Waals surface area contributed by atoms with Gasteiger partial charge >= 0.3 is 12.2 Å². The lowest BCUT2D eigenvalue weighted by molar-refractivity contribution is 0.103. The molecule has 2 aromatic heterocycles. The first-order valence-electron chi connectivity index (χ1n) is 19.7. The number of rotatable bonds is 2. The highest BCUT2D eigenvalue weighted by Gasteiger charge is 2.31. The normalized spacial score (nSPS) is 15.9. The third-order valence-electron chi connectivity index (χ3n) is 11.1. The molecule has 318 valence electrons. The number of fused-ring (bicyclic) bond motifs is 4. The summed E-state index contributed by atoms with van der Waals surface area (Å²) < 4.78 is 14.1. The SMILES string of the molecule is C.CCOC(=O)N1CCC(=C2c3ncc(Br)cc3CCc3cc(Cl)c(N)c(Br)c32)CC1.CCOC(=O)N1CCC(=C2c3ncc(Br)cc3CCc3cc(Cl)cc(Br)c32)CC1. The van der Waals surface area contributed by atoms with Crippen LogP contribution in [0.15, 0.2) is 71.8 Å². The van der Waals surface area contributed by atoms with Crippen LogP contribution in [0, 0.1) is 0 Å². The number of ether oxygens (including phenoxy) is 2. The second-order valence-electron chi connectivity index (χ2n) is 14.7. The summed E-state index contributed by atoms with van der Waals surface area (Å²) in [6, 6.07) is 10.3. The second kappa shape index (κ2) is 20.5. The maximum absolute atomic E-state index is 12.1. The van der Waals surface area contributed by atoms with Gasteiger partial charge in [-0.15, -0.1) is 0 Å². The number of carbonyl (C=O) groups is 2. The second-order valence-corrected chi connectivity index (χ2v) is 19.0. The number of carbonyl (C=O) groups excluding carboxylic acids is 2. The van der Waals surface area contributed by atoms with Gasteiger partial charge in [0.2, 0.25) is 0 Å². The van der Waals surface area contributed by atoms with E-state index >= 15 is 0 Å². The molecule has 15 heteroatoms. The van der Waals surface area contributed by atoms with Gasteiger partial charge < -0.3 is 25.0 Å². The van der Waals surface area contributed by atoms with Crippen LogP contribution >= 0.6 is 86.9 Å². The predicted octanol–water partition coefficient (Wildman–Crippen LogP) is 13.0. The number of likely N-dealkylation sites (tertiary alicyclic amines) is 2. The Morgan fingerprint density at radius 3 is 1.55 bits per heavy atom. The van der Waals surface area contributed by atoms with Crippen molar-refractivity contribution in [1.29, 1.82) is 0 Å². The van der Waals surface area contributed by atoms with Crippen molar-refractivity contribution in [1.82, 2.24) is 19.8 Å². The van der Waals surface area contributed by atoms with Gasteiger partial charge in [-0.25, -0.2) is 9.59 Å². The zero-order valence-corrected chi connectivity index (χ0v) is 40.6. The summed E-state index contributed by atoms with van der Waals surface area (Å²) in [6.45, 7) is 7.01. The van der Waals surface area contributed by atoms with Crippen molar-refractivity contribution < 1.29 is 19.1 Å². The van der Waals surface area contributed by atoms with E-state index in [1.807, 2.05) is 38.4 Å². The molecular formula is C45H47Br4Cl2N5O4. The van der Waals surface area contributed by atoms with Gasteiger partial charge in [0.25, 0.3) is 0 Å². The molecule has 4 heterocycles. The molecule has 0 radical (unpaired) electrons. The molecule has 4 aromatic rings. The smallest absolute Gasteiger partial charge is 0.409 e. The van der Waals surface area contributed by atoms with E-state index in [1.165, 1.54) is 39.0 Å². The van der Waals surface area contributed by atoms with Crippen LogP contribution in [0.1, 0.15) is 91.7 Å². The van der Waals surface area contributed by atoms with Crippen LogP contribution in [0.5, 0.6) is 0 Å². The number of amides is 2. The lowest BCUT2D eigenvalue weighted by Crippen LogP contribution is -2.37. The maximum Gasteiger partial charge on any atom is 0.409 e. The minimum atomic E-state index is -0.248. The quantitative estimate of drug-likeness (QED) is 0.199. The highest BCUT2D eigenvalue weighted by molar-refractivity contribution is 9.11. The fraction of sp³-hybridized carbons (Fsp3) is 0.378. The van der Waals surface area contributed by atoms with Crippen LogP contribution in [0.2, 0.25) is 10.0 Å². The van der Waals surface area contributed by atoms with Crippen LogP contribution in [-0.4, -0.2) is 71.3 Å². The summed E-state index contributed by atoms with van der Waals surface area (Å²) in [4.78, 5) is 37.4. The molecule has 2 fully saturated rings. The molecule has 9 nitrogen and oxygen atoms in total. The van der Waals surface area contributed by atoms with Crippen molar-refractivity contribution in [3.63, 3.8) is 0 Å². The van der Waals surface area contributed by atoms with Crippen molar-refractivity contribution in [3.8, 4) is 0 Å². The number of piperidine rings is 2. The van der Waals surface area contributed by atoms with Crippen LogP contribution < -0.4 is 5.73 Å². The van der Waals surface area contributed by atoms with Crippen molar-refractivity contribution in [2.24, 2.45) is 0 Å². The van der Waals surface area contributed by atoms with Crippen LogP contribution in [-0.2, 0) is 35.2 Å². The Kier molecular flexibility index (Phi) is 15.9. The number of halogens is 6. The van der Waals surface area contributed by atoms with Gasteiger partial charge in [-0.05, 0) is 166 Å². The van der Waals surface area contributed by atoms with E-state index in [2.05, 4.69) is 81.9 Å². The standard InChI is InChI=1S/C22H22Br2ClN3O2.C22H21Br2ClN2O2.CH4/c1-2-30-22(29)28-7-5-12(6-8-28)18-17-13(10-16(25)20(26)19(17)24)3-4-14-9-15(23)11-27-21(14)18;1-2-29-22(28)27-7-5-13(6-8-27)20-19-14(10-17(25)11-18(19)24)3-4-15-9-16(23)12-26-21(15)20;/h9-11H,2-8,26H2,1H3;9-12H,2-8H2,1H3;1H4. The fourth-order valence-corrected chi connectivity index (χ4v) is 11.2. The fourth-order valence-electron chi connectivity index (χ4n) is 8.36. The van der Waals surface area contributed by atoms with Gasteiger partial charge in [0.1, 0.15) is 0 Å². The minimum absolute atomic E-state index is 0. The summed E-state index contributed by atoms with van der Waals surface area (Å²) in [5.41, 5.74) is 20.8. The molecule has 60 heavy (non-hydrogen) atoms. The van der Waals surface area contributed by atoms with E-state index in [1.54, 1.807) is 9.80 Å². The van der Waals surface area contributed by atoms with Gasteiger partial charge in [0.15, 0.2) is 0 Å². The largest absolute Gasteiger partial charge is 0.450 e. The molecule has 2 amide bonds. The van der Waals surface area contributed by atoms with Gasteiger partial charge in [-0.2, -0.15) is 0 Å². The summed E-state index contributed by atoms with van der Waals surface area (Å²) in [6.07, 6.45) is 9.90. The molecule has 4 aliphatic rings. The third kappa shape index (κ3) is 9.97. The van der Waals surface area contributed by atoms with Crippen LogP contribution in [0.25, 0.3) is 11.1 Å². The Morgan fingerprint density at radius 2 is 1.08 bits per heavy atom. The van der Waals surface area contributed by atoms with E-state index in [-0.39, 0.29) is 19.6 Å². The van der Waals surface area contributed by atoms with Crippen LogP contribution in [0.4, 0.5) is 15.3 Å². The number of nitrogen functional groups attached to an aromatic ring is 1. The molecule has 2 saturated heterocycles. The Balaban J connectivity index is 0.000000198. The van der Waals surface area contributed by atoms with E-state index in [0.29, 0.717) is 50.1 Å². The number of aromatic nitrogens is 2. The lowest BCUT2D eigenvalue weighted by atomic mass is 9.88. The first kappa shape index (κ1) is 46.6.